The van der Waals surface area contributed by atoms with Crippen LogP contribution in [0.5, 0.6) is 0 Å². The van der Waals surface area contributed by atoms with E-state index in [-0.39, 0.29) is 5.41 Å². The van der Waals surface area contributed by atoms with Crippen molar-refractivity contribution in [1.29, 1.82) is 0 Å². The third-order valence-electron chi connectivity index (χ3n) is 10.3. The van der Waals surface area contributed by atoms with E-state index in [0.29, 0.717) is 0 Å². The van der Waals surface area contributed by atoms with Crippen molar-refractivity contribution in [3.05, 3.63) is 163 Å². The van der Waals surface area contributed by atoms with E-state index in [0.717, 1.165) is 60.9 Å². The fourth-order valence-electron chi connectivity index (χ4n) is 7.94. The summed E-state index contributed by atoms with van der Waals surface area (Å²) in [6.45, 7) is 4.69. The zero-order chi connectivity index (χ0) is 32.0. The average Bonchev–Trinajstić information content (AvgIpc) is 3.76. The van der Waals surface area contributed by atoms with Crippen LogP contribution in [0.2, 0.25) is 0 Å². The average molecular weight is 618 g/mol. The van der Waals surface area contributed by atoms with Crippen LogP contribution >= 0.6 is 0 Å². The summed E-state index contributed by atoms with van der Waals surface area (Å²) in [5.41, 5.74) is 14.4. The Hall–Kier alpha value is -6.06. The molecule has 0 fully saturated rings. The largest absolute Gasteiger partial charge is 0.456 e. The lowest BCUT2D eigenvalue weighted by atomic mass is 9.82. The lowest BCUT2D eigenvalue weighted by Gasteiger charge is -2.27. The highest BCUT2D eigenvalue weighted by atomic mass is 16.3. The molecule has 0 aliphatic heterocycles. The van der Waals surface area contributed by atoms with Crippen molar-refractivity contribution >= 4 is 60.9 Å². The fourth-order valence-corrected chi connectivity index (χ4v) is 7.94. The summed E-state index contributed by atoms with van der Waals surface area (Å²) >= 11 is 0. The van der Waals surface area contributed by atoms with Crippen molar-refractivity contribution in [2.24, 2.45) is 0 Å². The molecule has 0 bridgehead atoms. The molecule has 10 rings (SSSR count). The normalized spacial score (nSPS) is 13.4. The Morgan fingerprint density at radius 1 is 0.417 bits per heavy atom. The number of hydrogen-bond acceptors (Lipinski definition) is 3. The first-order chi connectivity index (χ1) is 23.5. The zero-order valence-electron chi connectivity index (χ0n) is 26.7. The Morgan fingerprint density at radius 3 is 1.83 bits per heavy atom. The molecule has 0 N–H and O–H groups in total. The van der Waals surface area contributed by atoms with Crippen molar-refractivity contribution in [3.63, 3.8) is 0 Å². The number of benzene rings is 7. The van der Waals surface area contributed by atoms with Gasteiger partial charge in [-0.2, -0.15) is 0 Å². The van der Waals surface area contributed by atoms with Crippen molar-refractivity contribution < 1.29 is 8.83 Å². The van der Waals surface area contributed by atoms with Crippen molar-refractivity contribution in [2.45, 2.75) is 19.3 Å². The van der Waals surface area contributed by atoms with Gasteiger partial charge in [-0.3, -0.25) is 0 Å². The molecule has 0 amide bonds. The zero-order valence-corrected chi connectivity index (χ0v) is 26.7. The molecule has 0 spiro atoms. The van der Waals surface area contributed by atoms with Crippen LogP contribution in [0, 0.1) is 0 Å². The van der Waals surface area contributed by atoms with Gasteiger partial charge in [-0.05, 0) is 88.0 Å². The maximum atomic E-state index is 6.40. The van der Waals surface area contributed by atoms with Gasteiger partial charge < -0.3 is 13.7 Å². The van der Waals surface area contributed by atoms with Gasteiger partial charge >= 0.3 is 0 Å². The van der Waals surface area contributed by atoms with Crippen molar-refractivity contribution in [1.82, 2.24) is 0 Å². The molecule has 7 aromatic carbocycles. The highest BCUT2D eigenvalue weighted by Gasteiger charge is 2.37. The second-order valence-electron chi connectivity index (χ2n) is 13.3. The molecule has 3 nitrogen and oxygen atoms in total. The van der Waals surface area contributed by atoms with E-state index in [9.17, 15) is 0 Å². The molecule has 1 aliphatic carbocycles. The molecular weight excluding hydrogens is 587 g/mol. The highest BCUT2D eigenvalue weighted by molar-refractivity contribution is 6.08. The van der Waals surface area contributed by atoms with Crippen molar-refractivity contribution in [2.75, 3.05) is 4.90 Å². The van der Waals surface area contributed by atoms with Crippen LogP contribution in [0.3, 0.4) is 0 Å². The maximum absolute atomic E-state index is 6.40. The number of hydrogen-bond donors (Lipinski definition) is 0. The Labute approximate surface area is 278 Å². The second kappa shape index (κ2) is 9.97. The topological polar surface area (TPSA) is 29.5 Å². The van der Waals surface area contributed by atoms with Crippen LogP contribution in [0.15, 0.2) is 160 Å². The van der Waals surface area contributed by atoms with Crippen LogP contribution in [-0.2, 0) is 5.41 Å². The number of nitrogens with zero attached hydrogens (tertiary/aromatic N) is 1. The van der Waals surface area contributed by atoms with E-state index in [1.807, 2.05) is 24.3 Å². The van der Waals surface area contributed by atoms with Crippen LogP contribution in [0.4, 0.5) is 17.1 Å². The second-order valence-corrected chi connectivity index (χ2v) is 13.3. The van der Waals surface area contributed by atoms with E-state index in [1.54, 1.807) is 0 Å². The number of fused-ring (bicyclic) bond motifs is 9. The van der Waals surface area contributed by atoms with Crippen LogP contribution < -0.4 is 4.90 Å². The van der Waals surface area contributed by atoms with E-state index >= 15 is 0 Å². The summed E-state index contributed by atoms with van der Waals surface area (Å²) in [4.78, 5) is 2.35. The van der Waals surface area contributed by atoms with Gasteiger partial charge in [-0.25, -0.2) is 0 Å². The molecule has 228 valence electrons. The summed E-state index contributed by atoms with van der Waals surface area (Å²) in [5, 5.41) is 4.44. The summed E-state index contributed by atoms with van der Waals surface area (Å²) in [6, 6.07) is 54.1. The summed E-state index contributed by atoms with van der Waals surface area (Å²) in [5.74, 6) is 0. The van der Waals surface area contributed by atoms with Crippen LogP contribution in [0.25, 0.3) is 66.1 Å². The third kappa shape index (κ3) is 3.88. The smallest absolute Gasteiger partial charge is 0.137 e. The van der Waals surface area contributed by atoms with E-state index in [1.165, 1.54) is 33.4 Å². The predicted octanol–water partition coefficient (Wildman–Crippen LogP) is 12.9. The van der Waals surface area contributed by atoms with Crippen molar-refractivity contribution in [3.8, 4) is 22.3 Å². The van der Waals surface area contributed by atoms with Gasteiger partial charge in [0.2, 0.25) is 0 Å². The molecule has 3 heteroatoms. The number of rotatable bonds is 4. The highest BCUT2D eigenvalue weighted by Crippen LogP contribution is 2.54. The number of para-hydroxylation sites is 2. The van der Waals surface area contributed by atoms with Gasteiger partial charge in [0.05, 0.1) is 0 Å². The molecule has 9 aromatic rings. The lowest BCUT2D eigenvalue weighted by Crippen LogP contribution is -2.15. The van der Waals surface area contributed by atoms with Gasteiger partial charge in [-0.15, -0.1) is 0 Å². The minimum Gasteiger partial charge on any atom is -0.456 e. The minimum atomic E-state index is -0.124. The van der Waals surface area contributed by atoms with Gasteiger partial charge in [0.1, 0.15) is 22.3 Å². The third-order valence-corrected chi connectivity index (χ3v) is 10.3. The molecule has 48 heavy (non-hydrogen) atoms. The van der Waals surface area contributed by atoms with Gasteiger partial charge in [0, 0.05) is 50.1 Å². The minimum absolute atomic E-state index is 0.124. The van der Waals surface area contributed by atoms with Gasteiger partial charge in [0.15, 0.2) is 0 Å². The first kappa shape index (κ1) is 27.1. The Bertz CT molecular complexity index is 2710. The Morgan fingerprint density at radius 2 is 1.02 bits per heavy atom. The standard InChI is InChI=1S/C45H31NO2/c1-45(2)38-23-20-29(26-37(38)44-32(15-10-16-39(44)45)28-11-4-3-5-12-28)46(30-21-24-42-36(25-30)34-14-7-9-18-41(34)47-42)31-19-22-35-33-13-6-8-17-40(33)48-43(35)27-31/h3-27H,1-2H3. The molecule has 0 radical (unpaired) electrons. The quantitative estimate of drug-likeness (QED) is 0.197. The molecule has 2 heterocycles. The molecular formula is C45H31NO2. The first-order valence-electron chi connectivity index (χ1n) is 16.5. The van der Waals surface area contributed by atoms with Gasteiger partial charge in [0.25, 0.3) is 0 Å². The summed E-state index contributed by atoms with van der Waals surface area (Å²) < 4.78 is 12.6. The first-order valence-corrected chi connectivity index (χ1v) is 16.5. The number of anilines is 3. The summed E-state index contributed by atoms with van der Waals surface area (Å²) in [6.07, 6.45) is 0. The van der Waals surface area contributed by atoms with E-state index in [4.69, 9.17) is 8.83 Å². The Kier molecular flexibility index (Phi) is 5.63. The molecule has 0 saturated heterocycles. The molecule has 0 unspecified atom stereocenters. The SMILES string of the molecule is CC1(C)c2ccc(N(c3ccc4c(c3)oc3ccccc34)c3ccc4oc5ccccc5c4c3)cc2-c2c(-c3ccccc3)cccc21. The molecule has 0 atom stereocenters. The molecule has 2 aromatic heterocycles. The van der Waals surface area contributed by atoms with Crippen LogP contribution in [-0.4, -0.2) is 0 Å². The van der Waals surface area contributed by atoms with Gasteiger partial charge in [-0.1, -0.05) is 105 Å². The Balaban J connectivity index is 1.22. The monoisotopic (exact) mass is 617 g/mol. The summed E-state index contributed by atoms with van der Waals surface area (Å²) in [7, 11) is 0. The van der Waals surface area contributed by atoms with E-state index in [2.05, 4.69) is 146 Å². The van der Waals surface area contributed by atoms with E-state index < -0.39 is 0 Å². The molecule has 0 saturated carbocycles. The van der Waals surface area contributed by atoms with Crippen LogP contribution in [0.1, 0.15) is 25.0 Å². The number of furan rings is 2. The predicted molar refractivity (Wildman–Crippen MR) is 199 cm³/mol. The lowest BCUT2D eigenvalue weighted by molar-refractivity contribution is 0.660. The maximum Gasteiger partial charge on any atom is 0.137 e. The molecule has 1 aliphatic rings. The fraction of sp³-hybridized carbons (Fsp3) is 0.0667.